The Morgan fingerprint density at radius 1 is 0.520 bits per heavy atom. The van der Waals surface area contributed by atoms with E-state index in [1.807, 2.05) is 6.92 Å². The van der Waals surface area contributed by atoms with Crippen LogP contribution in [0.5, 0.6) is 0 Å². The Morgan fingerprint density at radius 2 is 0.840 bits per heavy atom. The van der Waals surface area contributed by atoms with Crippen molar-refractivity contribution >= 4 is 11.6 Å². The summed E-state index contributed by atoms with van der Waals surface area (Å²) in [5.41, 5.74) is 0. The van der Waals surface area contributed by atoms with Gasteiger partial charge in [0.1, 0.15) is 11.6 Å². The van der Waals surface area contributed by atoms with E-state index in [9.17, 15) is 9.59 Å². The smallest absolute Gasteiger partial charge is 0.143 e. The number of rotatable bonds is 19. The van der Waals surface area contributed by atoms with Crippen molar-refractivity contribution in [2.24, 2.45) is 5.92 Å². The second-order valence-electron chi connectivity index (χ2n) is 7.64. The fourth-order valence-electron chi connectivity index (χ4n) is 3.50. The number of Topliss-reactive ketones (excluding diaryl/α,β-unsaturated/α-hetero) is 2. The van der Waals surface area contributed by atoms with E-state index in [0.717, 1.165) is 25.7 Å². The molecule has 0 radical (unpaired) electrons. The van der Waals surface area contributed by atoms with Gasteiger partial charge < -0.3 is 0 Å². The van der Waals surface area contributed by atoms with Crippen molar-refractivity contribution in [3.05, 3.63) is 0 Å². The van der Waals surface area contributed by atoms with Crippen molar-refractivity contribution in [3.8, 4) is 0 Å². The summed E-state index contributed by atoms with van der Waals surface area (Å²) in [7, 11) is 0. The van der Waals surface area contributed by atoms with Crippen LogP contribution >= 0.6 is 0 Å². The van der Waals surface area contributed by atoms with Crippen LogP contribution in [0.15, 0.2) is 0 Å². The third-order valence-corrected chi connectivity index (χ3v) is 5.24. The van der Waals surface area contributed by atoms with Gasteiger partial charge in [0.05, 0.1) is 5.92 Å². The highest BCUT2D eigenvalue weighted by Gasteiger charge is 2.23. The molecular weight excluding hydrogens is 308 g/mol. The van der Waals surface area contributed by atoms with Crippen LogP contribution in [0, 0.1) is 5.92 Å². The molecule has 0 fully saturated rings. The summed E-state index contributed by atoms with van der Waals surface area (Å²) < 4.78 is 0. The van der Waals surface area contributed by atoms with Gasteiger partial charge >= 0.3 is 0 Å². The molecule has 0 spiro atoms. The third-order valence-electron chi connectivity index (χ3n) is 5.24. The molecule has 0 bridgehead atoms. The number of carbonyl (C=O) groups is 2. The van der Waals surface area contributed by atoms with Crippen molar-refractivity contribution in [3.63, 3.8) is 0 Å². The summed E-state index contributed by atoms with van der Waals surface area (Å²) in [6, 6.07) is 0. The second kappa shape index (κ2) is 18.1. The quantitative estimate of drug-likeness (QED) is 0.179. The van der Waals surface area contributed by atoms with Crippen molar-refractivity contribution in [1.29, 1.82) is 0 Å². The molecular formula is C23H44O2. The zero-order chi connectivity index (χ0) is 18.8. The lowest BCUT2D eigenvalue weighted by molar-refractivity contribution is -0.133. The molecule has 0 unspecified atom stereocenters. The Labute approximate surface area is 157 Å². The maximum Gasteiger partial charge on any atom is 0.143 e. The van der Waals surface area contributed by atoms with Crippen LogP contribution in [0.25, 0.3) is 0 Å². The molecule has 0 aliphatic carbocycles. The second-order valence-corrected chi connectivity index (χ2v) is 7.64. The zero-order valence-electron chi connectivity index (χ0n) is 17.4. The average molecular weight is 353 g/mol. The SMILES string of the molecule is CCCCCCCCCC(=O)C(CC)C(=O)CCCCCCCCC. The molecule has 0 aromatic carbocycles. The van der Waals surface area contributed by atoms with Crippen LogP contribution in [0.2, 0.25) is 0 Å². The van der Waals surface area contributed by atoms with Gasteiger partial charge in [0.2, 0.25) is 0 Å². The fraction of sp³-hybridized carbons (Fsp3) is 0.913. The first-order valence-corrected chi connectivity index (χ1v) is 11.2. The first-order valence-electron chi connectivity index (χ1n) is 11.2. The minimum absolute atomic E-state index is 0.198. The van der Waals surface area contributed by atoms with Gasteiger partial charge in [0.15, 0.2) is 0 Å². The van der Waals surface area contributed by atoms with E-state index in [1.165, 1.54) is 64.2 Å². The Bertz CT molecular complexity index is 292. The summed E-state index contributed by atoms with van der Waals surface area (Å²) >= 11 is 0. The molecule has 0 saturated heterocycles. The maximum absolute atomic E-state index is 12.3. The van der Waals surface area contributed by atoms with Gasteiger partial charge in [0.25, 0.3) is 0 Å². The molecule has 2 heteroatoms. The van der Waals surface area contributed by atoms with Crippen LogP contribution in [0.1, 0.15) is 130 Å². The first-order chi connectivity index (χ1) is 12.2. The third kappa shape index (κ3) is 14.2. The van der Waals surface area contributed by atoms with Crippen LogP contribution < -0.4 is 0 Å². The predicted octanol–water partition coefficient (Wildman–Crippen LogP) is 7.43. The topological polar surface area (TPSA) is 34.1 Å². The maximum atomic E-state index is 12.3. The molecule has 25 heavy (non-hydrogen) atoms. The van der Waals surface area contributed by atoms with E-state index < -0.39 is 0 Å². The lowest BCUT2D eigenvalue weighted by Gasteiger charge is -2.12. The molecule has 0 aliphatic rings. The molecule has 0 aromatic rings. The zero-order valence-corrected chi connectivity index (χ0v) is 17.4. The van der Waals surface area contributed by atoms with Gasteiger partial charge in [-0.2, -0.15) is 0 Å². The number of unbranched alkanes of at least 4 members (excludes halogenated alkanes) is 12. The van der Waals surface area contributed by atoms with E-state index in [2.05, 4.69) is 13.8 Å². The van der Waals surface area contributed by atoms with Crippen LogP contribution in [0.4, 0.5) is 0 Å². The normalized spacial score (nSPS) is 11.2. The van der Waals surface area contributed by atoms with Gasteiger partial charge in [-0.3, -0.25) is 9.59 Å². The molecule has 148 valence electrons. The van der Waals surface area contributed by atoms with E-state index in [4.69, 9.17) is 0 Å². The monoisotopic (exact) mass is 352 g/mol. The highest BCUT2D eigenvalue weighted by Crippen LogP contribution is 2.17. The largest absolute Gasteiger partial charge is 0.299 e. The minimum atomic E-state index is -0.319. The highest BCUT2D eigenvalue weighted by atomic mass is 16.1. The number of ketones is 2. The van der Waals surface area contributed by atoms with Gasteiger partial charge in [-0.25, -0.2) is 0 Å². The van der Waals surface area contributed by atoms with Gasteiger partial charge in [-0.15, -0.1) is 0 Å². The van der Waals surface area contributed by atoms with E-state index in [0.29, 0.717) is 19.3 Å². The summed E-state index contributed by atoms with van der Waals surface area (Å²) in [6.07, 6.45) is 19.0. The molecule has 0 N–H and O–H groups in total. The Morgan fingerprint density at radius 3 is 1.16 bits per heavy atom. The number of hydrogen-bond acceptors (Lipinski definition) is 2. The Kier molecular flexibility index (Phi) is 17.7. The molecule has 2 nitrogen and oxygen atoms in total. The minimum Gasteiger partial charge on any atom is -0.299 e. The molecule has 0 aromatic heterocycles. The van der Waals surface area contributed by atoms with E-state index >= 15 is 0 Å². The summed E-state index contributed by atoms with van der Waals surface area (Å²) in [5, 5.41) is 0. The van der Waals surface area contributed by atoms with Crippen molar-refractivity contribution in [1.82, 2.24) is 0 Å². The van der Waals surface area contributed by atoms with Crippen LogP contribution in [-0.4, -0.2) is 11.6 Å². The number of carbonyl (C=O) groups excluding carboxylic acids is 2. The summed E-state index contributed by atoms with van der Waals surface area (Å²) in [4.78, 5) is 24.7. The van der Waals surface area contributed by atoms with E-state index in [-0.39, 0.29) is 17.5 Å². The van der Waals surface area contributed by atoms with Crippen molar-refractivity contribution in [2.45, 2.75) is 130 Å². The molecule has 0 amide bonds. The Hall–Kier alpha value is -0.660. The molecule has 0 atom stereocenters. The molecule has 0 rings (SSSR count). The number of hydrogen-bond donors (Lipinski definition) is 0. The lowest BCUT2D eigenvalue weighted by Crippen LogP contribution is -2.23. The Balaban J connectivity index is 3.77. The first kappa shape index (κ1) is 24.3. The molecule has 0 saturated carbocycles. The van der Waals surface area contributed by atoms with Crippen molar-refractivity contribution in [2.75, 3.05) is 0 Å². The molecule has 0 heterocycles. The van der Waals surface area contributed by atoms with Crippen LogP contribution in [-0.2, 0) is 9.59 Å². The van der Waals surface area contributed by atoms with Gasteiger partial charge in [-0.05, 0) is 19.3 Å². The summed E-state index contributed by atoms with van der Waals surface area (Å²) in [6.45, 7) is 6.44. The summed E-state index contributed by atoms with van der Waals surface area (Å²) in [5.74, 6) is 0.0770. The predicted molar refractivity (Wildman–Crippen MR) is 109 cm³/mol. The standard InChI is InChI=1S/C23H44O2/c1-4-7-9-11-13-15-17-19-22(24)21(6-3)23(25)20-18-16-14-12-10-8-5-2/h21H,4-20H2,1-3H3. The average Bonchev–Trinajstić information content (AvgIpc) is 2.60. The highest BCUT2D eigenvalue weighted by molar-refractivity contribution is 6.02. The van der Waals surface area contributed by atoms with Gasteiger partial charge in [-0.1, -0.05) is 97.8 Å². The van der Waals surface area contributed by atoms with Crippen molar-refractivity contribution < 1.29 is 9.59 Å². The lowest BCUT2D eigenvalue weighted by atomic mass is 9.89. The van der Waals surface area contributed by atoms with Gasteiger partial charge in [0, 0.05) is 12.8 Å². The van der Waals surface area contributed by atoms with Crippen LogP contribution in [0.3, 0.4) is 0 Å². The van der Waals surface area contributed by atoms with E-state index in [1.54, 1.807) is 0 Å². The molecule has 0 aliphatic heterocycles. The fourth-order valence-corrected chi connectivity index (χ4v) is 3.50.